The number of amides is 2. The quantitative estimate of drug-likeness (QED) is 0.607. The van der Waals surface area contributed by atoms with E-state index in [4.69, 9.17) is 4.42 Å². The Labute approximate surface area is 162 Å². The Morgan fingerprint density at radius 1 is 1.07 bits per heavy atom. The molecule has 0 aliphatic carbocycles. The molecule has 3 aromatic rings. The number of carbonyl (C=O) groups is 2. The molecule has 2 heterocycles. The minimum absolute atomic E-state index is 0.0193. The van der Waals surface area contributed by atoms with Crippen molar-refractivity contribution in [2.24, 2.45) is 0 Å². The molecule has 1 aromatic heterocycles. The van der Waals surface area contributed by atoms with Crippen LogP contribution in [0.25, 0.3) is 11.6 Å². The van der Waals surface area contributed by atoms with Crippen LogP contribution in [-0.4, -0.2) is 11.8 Å². The largest absolute Gasteiger partial charge is 0.465 e. The summed E-state index contributed by atoms with van der Waals surface area (Å²) in [5.41, 5.74) is 0.715. The first-order valence-corrected chi connectivity index (χ1v) is 8.51. The van der Waals surface area contributed by atoms with Crippen LogP contribution in [0.5, 0.6) is 0 Å². The van der Waals surface area contributed by atoms with Crippen molar-refractivity contribution >= 4 is 34.8 Å². The Bertz CT molecular complexity index is 1130. The van der Waals surface area contributed by atoms with E-state index in [1.807, 2.05) is 0 Å². The predicted molar refractivity (Wildman–Crippen MR) is 101 cm³/mol. The van der Waals surface area contributed by atoms with Crippen LogP contribution in [0.3, 0.4) is 0 Å². The lowest BCUT2D eigenvalue weighted by molar-refractivity contribution is -0.137. The summed E-state index contributed by atoms with van der Waals surface area (Å²) in [7, 11) is 0. The van der Waals surface area contributed by atoms with Gasteiger partial charge in [0.15, 0.2) is 0 Å². The first kappa shape index (κ1) is 18.5. The van der Waals surface area contributed by atoms with E-state index in [-0.39, 0.29) is 17.2 Å². The Hall–Kier alpha value is -3.81. The van der Waals surface area contributed by atoms with Crippen LogP contribution in [0.1, 0.15) is 27.2 Å². The Morgan fingerprint density at radius 3 is 2.62 bits per heavy atom. The van der Waals surface area contributed by atoms with Crippen molar-refractivity contribution in [2.75, 3.05) is 10.6 Å². The lowest BCUT2D eigenvalue weighted by atomic mass is 10.0. The van der Waals surface area contributed by atoms with Crippen LogP contribution in [0, 0.1) is 0 Å². The van der Waals surface area contributed by atoms with Gasteiger partial charge in [-0.15, -0.1) is 0 Å². The molecule has 0 unspecified atom stereocenters. The highest BCUT2D eigenvalue weighted by atomic mass is 19.4. The maximum atomic E-state index is 12.8. The highest BCUT2D eigenvalue weighted by molar-refractivity contribution is 6.35. The standard InChI is InChI=1S/C21H13F3N2O3/c22-21(23,24)13-3-1-4-14(10-13)25-19(27)12-6-7-18-16(9-12)17(20(28)26-18)11-15-5-2-8-29-15/h1-11H,(H,25,27)(H,26,28)/b17-11-. The molecule has 1 aliphatic rings. The fourth-order valence-electron chi connectivity index (χ4n) is 2.96. The molecule has 29 heavy (non-hydrogen) atoms. The number of hydrogen-bond acceptors (Lipinski definition) is 3. The zero-order valence-electron chi connectivity index (χ0n) is 14.7. The van der Waals surface area contributed by atoms with Crippen molar-refractivity contribution in [2.45, 2.75) is 6.18 Å². The number of halogens is 3. The fraction of sp³-hybridized carbons (Fsp3) is 0.0476. The van der Waals surface area contributed by atoms with E-state index in [0.29, 0.717) is 22.6 Å². The summed E-state index contributed by atoms with van der Waals surface area (Å²) < 4.78 is 43.8. The molecule has 8 heteroatoms. The average molecular weight is 398 g/mol. The summed E-state index contributed by atoms with van der Waals surface area (Å²) in [5, 5.41) is 5.15. The van der Waals surface area contributed by atoms with Gasteiger partial charge in [-0.2, -0.15) is 13.2 Å². The third-order valence-corrected chi connectivity index (χ3v) is 4.34. The number of benzene rings is 2. The molecule has 1 aliphatic heterocycles. The maximum Gasteiger partial charge on any atom is 0.416 e. The van der Waals surface area contributed by atoms with Crippen molar-refractivity contribution in [3.8, 4) is 0 Å². The highest BCUT2D eigenvalue weighted by Crippen LogP contribution is 2.34. The zero-order chi connectivity index (χ0) is 20.6. The molecule has 0 radical (unpaired) electrons. The van der Waals surface area contributed by atoms with Crippen molar-refractivity contribution in [1.82, 2.24) is 0 Å². The summed E-state index contributed by atoms with van der Waals surface area (Å²) in [5.74, 6) is -0.461. The second-order valence-electron chi connectivity index (χ2n) is 6.32. The van der Waals surface area contributed by atoms with Crippen LogP contribution < -0.4 is 10.6 Å². The van der Waals surface area contributed by atoms with Crippen LogP contribution in [0.15, 0.2) is 65.3 Å². The van der Waals surface area contributed by atoms with Gasteiger partial charge in [-0.3, -0.25) is 9.59 Å². The SMILES string of the molecule is O=C1Nc2ccc(C(=O)Nc3cccc(C(F)(F)F)c3)cc2/C1=C/c1ccco1. The maximum absolute atomic E-state index is 12.8. The number of nitrogens with one attached hydrogen (secondary N) is 2. The molecule has 2 aromatic carbocycles. The Morgan fingerprint density at radius 2 is 1.90 bits per heavy atom. The molecule has 0 saturated heterocycles. The summed E-state index contributed by atoms with van der Waals surface area (Å²) in [6.45, 7) is 0. The van der Waals surface area contributed by atoms with Crippen LogP contribution in [0.2, 0.25) is 0 Å². The van der Waals surface area contributed by atoms with Gasteiger partial charge in [0.05, 0.1) is 17.4 Å². The molecule has 2 amide bonds. The van der Waals surface area contributed by atoms with E-state index in [1.54, 1.807) is 24.3 Å². The van der Waals surface area contributed by atoms with Crippen LogP contribution >= 0.6 is 0 Å². The van der Waals surface area contributed by atoms with Gasteiger partial charge in [-0.05, 0) is 54.6 Å². The molecule has 4 rings (SSSR count). The summed E-state index contributed by atoms with van der Waals surface area (Å²) in [4.78, 5) is 24.8. The second kappa shape index (κ2) is 6.97. The van der Waals surface area contributed by atoms with E-state index >= 15 is 0 Å². The normalized spacial score (nSPS) is 14.6. The van der Waals surface area contributed by atoms with Gasteiger partial charge in [0.1, 0.15) is 5.76 Å². The van der Waals surface area contributed by atoms with E-state index in [2.05, 4.69) is 10.6 Å². The summed E-state index contributed by atoms with van der Waals surface area (Å²) >= 11 is 0. The topological polar surface area (TPSA) is 71.3 Å². The Kier molecular flexibility index (Phi) is 4.46. The number of alkyl halides is 3. The van der Waals surface area contributed by atoms with Crippen molar-refractivity contribution in [3.63, 3.8) is 0 Å². The smallest absolute Gasteiger partial charge is 0.416 e. The molecule has 0 atom stereocenters. The average Bonchev–Trinajstić information content (AvgIpc) is 3.29. The molecular weight excluding hydrogens is 385 g/mol. The first-order chi connectivity index (χ1) is 13.8. The number of hydrogen-bond donors (Lipinski definition) is 2. The number of furan rings is 1. The summed E-state index contributed by atoms with van der Waals surface area (Å²) in [6.07, 6.45) is -1.49. The number of rotatable bonds is 3. The van der Waals surface area contributed by atoms with Gasteiger partial charge in [-0.1, -0.05) is 6.07 Å². The van der Waals surface area contributed by atoms with Crippen LogP contribution in [0.4, 0.5) is 24.5 Å². The number of anilines is 2. The molecule has 5 nitrogen and oxygen atoms in total. The zero-order valence-corrected chi connectivity index (χ0v) is 14.7. The van der Waals surface area contributed by atoms with Crippen molar-refractivity contribution in [3.05, 3.63) is 83.3 Å². The van der Waals surface area contributed by atoms with E-state index in [9.17, 15) is 22.8 Å². The van der Waals surface area contributed by atoms with Gasteiger partial charge in [0.25, 0.3) is 11.8 Å². The second-order valence-corrected chi connectivity index (χ2v) is 6.32. The van der Waals surface area contributed by atoms with Gasteiger partial charge in [0.2, 0.25) is 0 Å². The van der Waals surface area contributed by atoms with Crippen molar-refractivity contribution in [1.29, 1.82) is 0 Å². The van der Waals surface area contributed by atoms with Gasteiger partial charge in [-0.25, -0.2) is 0 Å². The molecular formula is C21H13F3N2O3. The molecule has 0 spiro atoms. The van der Waals surface area contributed by atoms with E-state index in [0.717, 1.165) is 12.1 Å². The fourth-order valence-corrected chi connectivity index (χ4v) is 2.96. The molecule has 2 N–H and O–H groups in total. The van der Waals surface area contributed by atoms with Gasteiger partial charge in [0, 0.05) is 22.5 Å². The lowest BCUT2D eigenvalue weighted by Gasteiger charge is -2.10. The third-order valence-electron chi connectivity index (χ3n) is 4.34. The highest BCUT2D eigenvalue weighted by Gasteiger charge is 2.30. The minimum Gasteiger partial charge on any atom is -0.465 e. The molecule has 0 fully saturated rings. The van der Waals surface area contributed by atoms with Crippen molar-refractivity contribution < 1.29 is 27.2 Å². The summed E-state index contributed by atoms with van der Waals surface area (Å²) in [6, 6.07) is 12.3. The predicted octanol–water partition coefficient (Wildman–Crippen LogP) is 5.04. The number of carbonyl (C=O) groups excluding carboxylic acids is 2. The van der Waals surface area contributed by atoms with Gasteiger partial charge >= 0.3 is 6.18 Å². The van der Waals surface area contributed by atoms with E-state index in [1.165, 1.54) is 30.5 Å². The Balaban J connectivity index is 1.62. The molecule has 0 saturated carbocycles. The van der Waals surface area contributed by atoms with Gasteiger partial charge < -0.3 is 15.1 Å². The molecule has 146 valence electrons. The minimum atomic E-state index is -4.51. The third kappa shape index (κ3) is 3.77. The molecule has 0 bridgehead atoms. The van der Waals surface area contributed by atoms with Crippen LogP contribution in [-0.2, 0) is 11.0 Å². The lowest BCUT2D eigenvalue weighted by Crippen LogP contribution is -2.13. The monoisotopic (exact) mass is 398 g/mol. The van der Waals surface area contributed by atoms with E-state index < -0.39 is 17.6 Å². The number of fused-ring (bicyclic) bond motifs is 1. The first-order valence-electron chi connectivity index (χ1n) is 8.51.